The van der Waals surface area contributed by atoms with Gasteiger partial charge in [-0.15, -0.1) is 0 Å². The van der Waals surface area contributed by atoms with E-state index in [0.29, 0.717) is 5.56 Å². The summed E-state index contributed by atoms with van der Waals surface area (Å²) >= 11 is 3.27. The Balaban J connectivity index is 2.32. The molecule has 0 radical (unpaired) electrons. The van der Waals surface area contributed by atoms with E-state index >= 15 is 0 Å². The van der Waals surface area contributed by atoms with Crippen LogP contribution in [0.15, 0.2) is 34.8 Å². The average Bonchev–Trinajstić information content (AvgIpc) is 2.82. The van der Waals surface area contributed by atoms with Crippen molar-refractivity contribution < 1.29 is 23.1 Å². The summed E-state index contributed by atoms with van der Waals surface area (Å²) in [4.78, 5) is 15.2. The number of hydrogen-bond donors (Lipinski definition) is 1. The van der Waals surface area contributed by atoms with E-state index in [1.54, 1.807) is 24.3 Å². The van der Waals surface area contributed by atoms with Crippen LogP contribution in [0.5, 0.6) is 0 Å². The predicted octanol–water partition coefficient (Wildman–Crippen LogP) is 4.27. The van der Waals surface area contributed by atoms with Crippen molar-refractivity contribution in [3.63, 3.8) is 0 Å². The monoisotopic (exact) mass is 413 g/mol. The molecule has 1 aromatic carbocycles. The molecule has 0 spiro atoms. The summed E-state index contributed by atoms with van der Waals surface area (Å²) in [5, 5.41) is 12.7. The van der Waals surface area contributed by atoms with Gasteiger partial charge in [0.1, 0.15) is 6.54 Å². The number of aromatic nitrogens is 3. The van der Waals surface area contributed by atoms with E-state index in [0.717, 1.165) is 15.2 Å². The number of carbonyl (C=O) groups is 1. The van der Waals surface area contributed by atoms with Crippen molar-refractivity contribution in [1.29, 1.82) is 0 Å². The molecule has 2 aromatic heterocycles. The topological polar surface area (TPSA) is 68.0 Å². The van der Waals surface area contributed by atoms with Crippen molar-refractivity contribution in [3.8, 4) is 11.3 Å². The lowest BCUT2D eigenvalue weighted by atomic mass is 10.1. The highest BCUT2D eigenvalue weighted by atomic mass is 79.9. The van der Waals surface area contributed by atoms with Crippen LogP contribution in [0.25, 0.3) is 22.3 Å². The predicted molar refractivity (Wildman–Crippen MR) is 88.0 cm³/mol. The smallest absolute Gasteiger partial charge is 0.417 e. The molecular formula is C16H11BrF3N3O2. The number of carboxylic acids is 1. The Morgan fingerprint density at radius 1 is 1.28 bits per heavy atom. The van der Waals surface area contributed by atoms with Crippen LogP contribution in [0, 0.1) is 6.92 Å². The minimum Gasteiger partial charge on any atom is -0.480 e. The quantitative estimate of drug-likeness (QED) is 0.695. The van der Waals surface area contributed by atoms with Crippen molar-refractivity contribution in [2.75, 3.05) is 0 Å². The molecule has 3 aromatic rings. The highest BCUT2D eigenvalue weighted by molar-refractivity contribution is 9.10. The molecule has 25 heavy (non-hydrogen) atoms. The van der Waals surface area contributed by atoms with E-state index in [1.165, 1.54) is 6.92 Å². The third kappa shape index (κ3) is 3.37. The lowest BCUT2D eigenvalue weighted by Gasteiger charge is -2.11. The molecule has 2 heterocycles. The number of rotatable bonds is 3. The molecule has 9 heteroatoms. The van der Waals surface area contributed by atoms with Gasteiger partial charge in [-0.2, -0.15) is 18.3 Å². The highest BCUT2D eigenvalue weighted by Crippen LogP contribution is 2.38. The van der Waals surface area contributed by atoms with Crippen LogP contribution < -0.4 is 0 Å². The maximum atomic E-state index is 13.5. The van der Waals surface area contributed by atoms with Gasteiger partial charge < -0.3 is 5.11 Å². The summed E-state index contributed by atoms with van der Waals surface area (Å²) in [7, 11) is 0. The molecule has 0 saturated heterocycles. The second-order valence-corrected chi connectivity index (χ2v) is 6.31. The number of nitrogens with zero attached hydrogens (tertiary/aromatic N) is 3. The van der Waals surface area contributed by atoms with Crippen LogP contribution in [0.1, 0.15) is 11.3 Å². The lowest BCUT2D eigenvalue weighted by molar-refractivity contribution is -0.138. The fraction of sp³-hybridized carbons (Fsp3) is 0.188. The maximum Gasteiger partial charge on any atom is 0.417 e. The maximum absolute atomic E-state index is 13.5. The SMILES string of the molecule is Cc1nn(CC(=O)O)c2nc(-c3ccc(Br)cc3)cc(C(F)(F)F)c12. The Hall–Kier alpha value is -2.42. The van der Waals surface area contributed by atoms with Gasteiger partial charge in [-0.25, -0.2) is 9.67 Å². The average molecular weight is 414 g/mol. The van der Waals surface area contributed by atoms with Crippen LogP contribution >= 0.6 is 15.9 Å². The molecular weight excluding hydrogens is 403 g/mol. The zero-order chi connectivity index (χ0) is 18.4. The molecule has 5 nitrogen and oxygen atoms in total. The van der Waals surface area contributed by atoms with Gasteiger partial charge in [-0.3, -0.25) is 4.79 Å². The van der Waals surface area contributed by atoms with E-state index in [4.69, 9.17) is 5.11 Å². The number of fused-ring (bicyclic) bond motifs is 1. The highest BCUT2D eigenvalue weighted by Gasteiger charge is 2.35. The van der Waals surface area contributed by atoms with E-state index in [9.17, 15) is 18.0 Å². The number of carboxylic acid groups (broad SMARTS) is 1. The molecule has 0 atom stereocenters. The summed E-state index contributed by atoms with van der Waals surface area (Å²) < 4.78 is 42.4. The standard InChI is InChI=1S/C16H11BrF3N3O2/c1-8-14-11(16(18,19)20)6-12(9-2-4-10(17)5-3-9)21-15(14)23(22-8)7-13(24)25/h2-6H,7H2,1H3,(H,24,25). The number of alkyl halides is 3. The summed E-state index contributed by atoms with van der Waals surface area (Å²) in [6.07, 6.45) is -4.62. The Kier molecular flexibility index (Phi) is 4.28. The van der Waals surface area contributed by atoms with Gasteiger partial charge in [0.25, 0.3) is 0 Å². The van der Waals surface area contributed by atoms with Crippen LogP contribution in [0.4, 0.5) is 13.2 Å². The van der Waals surface area contributed by atoms with Crippen molar-refractivity contribution >= 4 is 32.9 Å². The Bertz CT molecular complexity index is 965. The summed E-state index contributed by atoms with van der Waals surface area (Å²) in [5.41, 5.74) is -0.328. The summed E-state index contributed by atoms with van der Waals surface area (Å²) in [6, 6.07) is 7.60. The number of halogens is 4. The number of aryl methyl sites for hydroxylation is 1. The minimum absolute atomic E-state index is 0.0819. The van der Waals surface area contributed by atoms with Gasteiger partial charge in [0, 0.05) is 10.0 Å². The number of pyridine rings is 1. The van der Waals surface area contributed by atoms with Crippen molar-refractivity contribution in [3.05, 3.63) is 46.1 Å². The molecule has 0 fully saturated rings. The van der Waals surface area contributed by atoms with E-state index < -0.39 is 24.3 Å². The van der Waals surface area contributed by atoms with Crippen molar-refractivity contribution in [1.82, 2.24) is 14.8 Å². The van der Waals surface area contributed by atoms with E-state index in [-0.39, 0.29) is 22.4 Å². The van der Waals surface area contributed by atoms with Gasteiger partial charge in [0.2, 0.25) is 0 Å². The fourth-order valence-corrected chi connectivity index (χ4v) is 2.85. The van der Waals surface area contributed by atoms with Gasteiger partial charge >= 0.3 is 12.1 Å². The van der Waals surface area contributed by atoms with E-state index in [2.05, 4.69) is 26.0 Å². The molecule has 0 amide bonds. The number of hydrogen-bond acceptors (Lipinski definition) is 3. The molecule has 0 saturated carbocycles. The van der Waals surface area contributed by atoms with Crippen LogP contribution in [0.2, 0.25) is 0 Å². The number of benzene rings is 1. The zero-order valence-corrected chi connectivity index (χ0v) is 14.4. The molecule has 0 bridgehead atoms. The Morgan fingerprint density at radius 2 is 1.92 bits per heavy atom. The zero-order valence-electron chi connectivity index (χ0n) is 12.8. The first-order valence-corrected chi connectivity index (χ1v) is 7.89. The molecule has 0 aliphatic heterocycles. The lowest BCUT2D eigenvalue weighted by Crippen LogP contribution is -2.12. The van der Waals surface area contributed by atoms with Crippen molar-refractivity contribution in [2.24, 2.45) is 0 Å². The van der Waals surface area contributed by atoms with Gasteiger partial charge in [-0.05, 0) is 25.1 Å². The summed E-state index contributed by atoms with van der Waals surface area (Å²) in [6.45, 7) is 0.829. The molecule has 0 aliphatic rings. The summed E-state index contributed by atoms with van der Waals surface area (Å²) in [5.74, 6) is -1.21. The van der Waals surface area contributed by atoms with Gasteiger partial charge in [0.15, 0.2) is 5.65 Å². The molecule has 1 N–H and O–H groups in total. The molecule has 0 aliphatic carbocycles. The van der Waals surface area contributed by atoms with Crippen LogP contribution in [0.3, 0.4) is 0 Å². The minimum atomic E-state index is -4.62. The Labute approximate surface area is 148 Å². The third-order valence-electron chi connectivity index (χ3n) is 3.61. The van der Waals surface area contributed by atoms with Crippen LogP contribution in [-0.2, 0) is 17.5 Å². The third-order valence-corrected chi connectivity index (χ3v) is 4.14. The normalized spacial score (nSPS) is 11.9. The van der Waals surface area contributed by atoms with Crippen LogP contribution in [-0.4, -0.2) is 25.8 Å². The first kappa shape index (κ1) is 17.4. The Morgan fingerprint density at radius 3 is 2.48 bits per heavy atom. The second-order valence-electron chi connectivity index (χ2n) is 5.40. The first-order valence-electron chi connectivity index (χ1n) is 7.10. The second kappa shape index (κ2) is 6.14. The molecule has 130 valence electrons. The number of aliphatic carboxylic acids is 1. The van der Waals surface area contributed by atoms with Gasteiger partial charge in [-0.1, -0.05) is 28.1 Å². The van der Waals surface area contributed by atoms with Gasteiger partial charge in [0.05, 0.1) is 22.3 Å². The van der Waals surface area contributed by atoms with Crippen molar-refractivity contribution in [2.45, 2.75) is 19.6 Å². The molecule has 0 unspecified atom stereocenters. The largest absolute Gasteiger partial charge is 0.480 e. The van der Waals surface area contributed by atoms with E-state index in [1.807, 2.05) is 0 Å². The first-order chi connectivity index (χ1) is 11.7. The molecule has 3 rings (SSSR count). The fourth-order valence-electron chi connectivity index (χ4n) is 2.58.